The Morgan fingerprint density at radius 2 is 1.61 bits per heavy atom. The summed E-state index contributed by atoms with van der Waals surface area (Å²) in [6, 6.07) is 14.7. The molecule has 0 unspecified atom stereocenters. The largest absolute Gasteiger partial charge is 0.358 e. The van der Waals surface area contributed by atoms with Crippen molar-refractivity contribution in [2.24, 2.45) is 0 Å². The van der Waals surface area contributed by atoms with Gasteiger partial charge in [0, 0.05) is 43.2 Å². The minimum Gasteiger partial charge on any atom is -0.358 e. The van der Waals surface area contributed by atoms with Gasteiger partial charge in [0.25, 0.3) is 0 Å². The molecule has 2 aliphatic heterocycles. The van der Waals surface area contributed by atoms with E-state index < -0.39 is 27.6 Å². The molecule has 0 aliphatic carbocycles. The van der Waals surface area contributed by atoms with Crippen molar-refractivity contribution in [1.29, 1.82) is 0 Å². The summed E-state index contributed by atoms with van der Waals surface area (Å²) in [5, 5.41) is 3.08. The third-order valence-electron chi connectivity index (χ3n) is 5.58. The second-order valence-electron chi connectivity index (χ2n) is 7.44. The van der Waals surface area contributed by atoms with Gasteiger partial charge in [-0.05, 0) is 36.4 Å². The van der Waals surface area contributed by atoms with Gasteiger partial charge in [0.1, 0.15) is 5.72 Å². The van der Waals surface area contributed by atoms with E-state index in [0.717, 1.165) is 0 Å². The van der Waals surface area contributed by atoms with Gasteiger partial charge >= 0.3 is 11.8 Å². The van der Waals surface area contributed by atoms with E-state index in [1.54, 1.807) is 54.6 Å². The number of piperidine rings is 1. The first kappa shape index (κ1) is 21.8. The third-order valence-corrected chi connectivity index (χ3v) is 7.79. The average molecular weight is 464 g/mol. The Hall–Kier alpha value is -2.46. The zero-order chi connectivity index (χ0) is 22.1. The van der Waals surface area contributed by atoms with E-state index in [1.807, 2.05) is 0 Å². The van der Waals surface area contributed by atoms with Crippen molar-refractivity contribution in [2.75, 3.05) is 31.6 Å². The van der Waals surface area contributed by atoms with Crippen molar-refractivity contribution in [3.05, 3.63) is 59.6 Å². The molecule has 0 saturated carbocycles. The molecule has 2 aliphatic rings. The van der Waals surface area contributed by atoms with Crippen molar-refractivity contribution in [3.8, 4) is 0 Å². The number of hydrogen-bond donors (Lipinski definition) is 1. The number of anilines is 1. The fraction of sp³-hybridized carbons (Fsp3) is 0.333. The topological polar surface area (TPSA) is 96.0 Å². The highest BCUT2D eigenvalue weighted by Gasteiger charge is 2.51. The summed E-state index contributed by atoms with van der Waals surface area (Å²) in [5.74, 6) is -1.42. The first-order valence-electron chi connectivity index (χ1n) is 9.90. The van der Waals surface area contributed by atoms with Crippen LogP contribution in [0.2, 0.25) is 5.02 Å². The summed E-state index contributed by atoms with van der Waals surface area (Å²) in [6.07, 6.45) is 0.581. The van der Waals surface area contributed by atoms with Crippen LogP contribution in [-0.2, 0) is 24.3 Å². The summed E-state index contributed by atoms with van der Waals surface area (Å²) in [7, 11) is -3.73. The first-order chi connectivity index (χ1) is 14.8. The monoisotopic (exact) mass is 463 g/mol. The molecule has 2 heterocycles. The molecular formula is C21H22ClN3O5S. The van der Waals surface area contributed by atoms with E-state index in [9.17, 15) is 18.0 Å². The van der Waals surface area contributed by atoms with Gasteiger partial charge in [-0.25, -0.2) is 8.42 Å². The van der Waals surface area contributed by atoms with Crippen LogP contribution in [0.3, 0.4) is 0 Å². The van der Waals surface area contributed by atoms with Crippen LogP contribution in [0.15, 0.2) is 59.5 Å². The summed E-state index contributed by atoms with van der Waals surface area (Å²) in [6.45, 7) is 0.973. The number of nitrogens with zero attached hydrogens (tertiary/aromatic N) is 2. The number of ether oxygens (including phenoxy) is 1. The molecule has 2 amide bonds. The Kier molecular flexibility index (Phi) is 6.02. The number of hydrogen-bond acceptors (Lipinski definition) is 5. The quantitative estimate of drug-likeness (QED) is 0.705. The van der Waals surface area contributed by atoms with Crippen LogP contribution in [0.1, 0.15) is 12.8 Å². The molecule has 31 heavy (non-hydrogen) atoms. The molecule has 2 fully saturated rings. The summed E-state index contributed by atoms with van der Waals surface area (Å²) < 4.78 is 33.6. The van der Waals surface area contributed by atoms with Crippen LogP contribution >= 0.6 is 11.6 Å². The minimum absolute atomic E-state index is 0.209. The van der Waals surface area contributed by atoms with E-state index in [2.05, 4.69) is 5.32 Å². The Morgan fingerprint density at radius 3 is 2.26 bits per heavy atom. The molecule has 8 nitrogen and oxygen atoms in total. The molecule has 0 bridgehead atoms. The molecule has 0 atom stereocenters. The van der Waals surface area contributed by atoms with Gasteiger partial charge in [-0.2, -0.15) is 4.31 Å². The SMILES string of the molecule is O=C(Nc1ccc(Cl)cc1)C(=O)N1CCC2(CC1)OCCN2S(=O)(=O)c1ccccc1. The molecule has 2 saturated heterocycles. The summed E-state index contributed by atoms with van der Waals surface area (Å²) in [5.41, 5.74) is -0.534. The number of carbonyl (C=O) groups excluding carboxylic acids is 2. The Morgan fingerprint density at radius 1 is 0.968 bits per heavy atom. The number of likely N-dealkylation sites (tertiary alicyclic amines) is 1. The average Bonchev–Trinajstić information content (AvgIpc) is 3.20. The lowest BCUT2D eigenvalue weighted by molar-refractivity contribution is -0.148. The van der Waals surface area contributed by atoms with Crippen LogP contribution < -0.4 is 5.32 Å². The smallest absolute Gasteiger partial charge is 0.313 e. The number of benzene rings is 2. The Balaban J connectivity index is 1.43. The number of halogens is 1. The fourth-order valence-corrected chi connectivity index (χ4v) is 5.84. The molecule has 2 aromatic rings. The van der Waals surface area contributed by atoms with Crippen LogP contribution in [0, 0.1) is 0 Å². The van der Waals surface area contributed by atoms with Crippen LogP contribution in [-0.4, -0.2) is 61.4 Å². The van der Waals surface area contributed by atoms with Gasteiger partial charge in [0.2, 0.25) is 10.0 Å². The van der Waals surface area contributed by atoms with Crippen molar-refractivity contribution in [2.45, 2.75) is 23.5 Å². The highest BCUT2D eigenvalue weighted by atomic mass is 35.5. The van der Waals surface area contributed by atoms with Gasteiger partial charge in [-0.3, -0.25) is 9.59 Å². The molecule has 2 aromatic carbocycles. The maximum Gasteiger partial charge on any atom is 0.313 e. The van der Waals surface area contributed by atoms with Crippen LogP contribution in [0.4, 0.5) is 5.69 Å². The second-order valence-corrected chi connectivity index (χ2v) is 9.74. The minimum atomic E-state index is -3.73. The lowest BCUT2D eigenvalue weighted by Crippen LogP contribution is -2.56. The predicted molar refractivity (Wildman–Crippen MR) is 115 cm³/mol. The number of nitrogens with one attached hydrogen (secondary N) is 1. The summed E-state index contributed by atoms with van der Waals surface area (Å²) >= 11 is 5.83. The third kappa shape index (κ3) is 4.31. The van der Waals surface area contributed by atoms with E-state index in [1.165, 1.54) is 9.21 Å². The summed E-state index contributed by atoms with van der Waals surface area (Å²) in [4.78, 5) is 26.6. The maximum absolute atomic E-state index is 13.2. The number of sulfonamides is 1. The van der Waals surface area contributed by atoms with Crippen molar-refractivity contribution in [1.82, 2.24) is 9.21 Å². The van der Waals surface area contributed by atoms with Gasteiger partial charge in [-0.1, -0.05) is 29.8 Å². The first-order valence-corrected chi connectivity index (χ1v) is 11.7. The molecule has 4 rings (SSSR count). The van der Waals surface area contributed by atoms with Crippen LogP contribution in [0.25, 0.3) is 0 Å². The number of amides is 2. The van der Waals surface area contributed by atoms with E-state index in [4.69, 9.17) is 16.3 Å². The van der Waals surface area contributed by atoms with E-state index >= 15 is 0 Å². The van der Waals surface area contributed by atoms with Gasteiger partial charge in [-0.15, -0.1) is 0 Å². The normalized spacial score (nSPS) is 18.8. The van der Waals surface area contributed by atoms with Gasteiger partial charge in [0.15, 0.2) is 0 Å². The predicted octanol–water partition coefficient (Wildman–Crippen LogP) is 2.32. The lowest BCUT2D eigenvalue weighted by Gasteiger charge is -2.42. The van der Waals surface area contributed by atoms with Gasteiger partial charge < -0.3 is 15.0 Å². The number of carbonyl (C=O) groups is 2. The lowest BCUT2D eigenvalue weighted by atomic mass is 10.0. The molecule has 1 spiro atoms. The standard InChI is InChI=1S/C21H22ClN3O5S/c22-16-6-8-17(9-7-16)23-19(26)20(27)24-12-10-21(11-13-24)25(14-15-30-21)31(28,29)18-4-2-1-3-5-18/h1-9H,10-15H2,(H,23,26). The second kappa shape index (κ2) is 8.58. The molecule has 0 aromatic heterocycles. The Labute approximate surface area is 185 Å². The molecule has 1 N–H and O–H groups in total. The molecule has 0 radical (unpaired) electrons. The van der Waals surface area contributed by atoms with Crippen molar-refractivity contribution >= 4 is 39.1 Å². The number of rotatable bonds is 3. The fourth-order valence-electron chi connectivity index (χ4n) is 3.97. The molecule has 164 valence electrons. The van der Waals surface area contributed by atoms with Crippen molar-refractivity contribution < 1.29 is 22.7 Å². The highest BCUT2D eigenvalue weighted by Crippen LogP contribution is 2.38. The van der Waals surface area contributed by atoms with Gasteiger partial charge in [0.05, 0.1) is 11.5 Å². The highest BCUT2D eigenvalue weighted by molar-refractivity contribution is 7.89. The van der Waals surface area contributed by atoms with Crippen LogP contribution in [0.5, 0.6) is 0 Å². The molecule has 10 heteroatoms. The zero-order valence-electron chi connectivity index (χ0n) is 16.7. The zero-order valence-corrected chi connectivity index (χ0v) is 18.2. The maximum atomic E-state index is 13.2. The van der Waals surface area contributed by atoms with Crippen molar-refractivity contribution in [3.63, 3.8) is 0 Å². The van der Waals surface area contributed by atoms with E-state index in [-0.39, 0.29) is 31.1 Å². The Bertz CT molecular complexity index is 1070. The molecular weight excluding hydrogens is 442 g/mol. The van der Waals surface area contributed by atoms with E-state index in [0.29, 0.717) is 23.6 Å².